The van der Waals surface area contributed by atoms with Crippen LogP contribution in [0.4, 0.5) is 0 Å². The summed E-state index contributed by atoms with van der Waals surface area (Å²) in [5, 5.41) is 3.36. The van der Waals surface area contributed by atoms with Crippen LogP contribution in [0.25, 0.3) is 11.1 Å². The third-order valence-corrected chi connectivity index (χ3v) is 3.79. The Morgan fingerprint density at radius 1 is 1.15 bits per heavy atom. The minimum Gasteiger partial charge on any atom is -0.497 e. The minimum absolute atomic E-state index is 0.411. The van der Waals surface area contributed by atoms with Crippen LogP contribution in [0, 0.1) is 6.92 Å². The number of methoxy groups -OCH3 is 1. The van der Waals surface area contributed by atoms with E-state index in [0.29, 0.717) is 6.04 Å². The molecule has 0 aliphatic carbocycles. The molecule has 1 N–H and O–H groups in total. The first-order valence-electron chi connectivity index (χ1n) is 7.11. The van der Waals surface area contributed by atoms with Crippen LogP contribution in [0.3, 0.4) is 0 Å². The zero-order valence-electron chi connectivity index (χ0n) is 12.7. The summed E-state index contributed by atoms with van der Waals surface area (Å²) in [6, 6.07) is 15.4. The summed E-state index contributed by atoms with van der Waals surface area (Å²) in [4.78, 5) is 0. The summed E-state index contributed by atoms with van der Waals surface area (Å²) < 4.78 is 5.27. The second-order valence-electron chi connectivity index (χ2n) is 5.06. The van der Waals surface area contributed by atoms with Crippen molar-refractivity contribution in [2.45, 2.75) is 26.3 Å². The van der Waals surface area contributed by atoms with Gasteiger partial charge in [0.2, 0.25) is 0 Å². The maximum Gasteiger partial charge on any atom is 0.119 e. The Hall–Kier alpha value is -1.80. The summed E-state index contributed by atoms with van der Waals surface area (Å²) in [7, 11) is 3.72. The topological polar surface area (TPSA) is 21.3 Å². The molecule has 0 amide bonds. The van der Waals surface area contributed by atoms with Gasteiger partial charge in [0.05, 0.1) is 7.11 Å². The molecule has 0 aromatic heterocycles. The molecule has 2 heteroatoms. The predicted molar refractivity (Wildman–Crippen MR) is 85.3 cm³/mol. The molecular weight excluding hydrogens is 246 g/mol. The predicted octanol–water partition coefficient (Wildman–Crippen LogP) is 4.34. The Morgan fingerprint density at radius 3 is 2.55 bits per heavy atom. The summed E-state index contributed by atoms with van der Waals surface area (Å²) in [6.45, 7) is 4.33. The average molecular weight is 269 g/mol. The van der Waals surface area contributed by atoms with E-state index in [0.717, 1.165) is 12.2 Å². The van der Waals surface area contributed by atoms with Gasteiger partial charge in [-0.1, -0.05) is 31.2 Å². The summed E-state index contributed by atoms with van der Waals surface area (Å²) in [6.07, 6.45) is 1.08. The van der Waals surface area contributed by atoms with Gasteiger partial charge in [-0.3, -0.25) is 0 Å². The van der Waals surface area contributed by atoms with E-state index in [1.165, 1.54) is 22.3 Å². The van der Waals surface area contributed by atoms with Crippen LogP contribution in [0.5, 0.6) is 5.75 Å². The van der Waals surface area contributed by atoms with Crippen LogP contribution in [0.15, 0.2) is 42.5 Å². The molecule has 20 heavy (non-hydrogen) atoms. The lowest BCUT2D eigenvalue weighted by Crippen LogP contribution is -2.15. The largest absolute Gasteiger partial charge is 0.497 e. The van der Waals surface area contributed by atoms with Crippen molar-refractivity contribution in [3.05, 3.63) is 53.6 Å². The van der Waals surface area contributed by atoms with Gasteiger partial charge >= 0.3 is 0 Å². The molecule has 0 bridgehead atoms. The third kappa shape index (κ3) is 3.02. The SMILES string of the molecule is CCC(NC)c1cccc(-c2ccc(OC)cc2C)c1. The molecule has 2 nitrogen and oxygen atoms in total. The third-order valence-electron chi connectivity index (χ3n) is 3.79. The Bertz CT molecular complexity index is 573. The molecule has 0 heterocycles. The maximum atomic E-state index is 5.27. The Balaban J connectivity index is 2.40. The fraction of sp³-hybridized carbons (Fsp3) is 0.333. The van der Waals surface area contributed by atoms with Gasteiger partial charge in [-0.25, -0.2) is 0 Å². The fourth-order valence-corrected chi connectivity index (χ4v) is 2.62. The van der Waals surface area contributed by atoms with Gasteiger partial charge in [0.15, 0.2) is 0 Å². The van der Waals surface area contributed by atoms with E-state index < -0.39 is 0 Å². The molecule has 0 radical (unpaired) electrons. The van der Waals surface area contributed by atoms with Crippen molar-refractivity contribution in [2.24, 2.45) is 0 Å². The molecule has 0 aliphatic heterocycles. The van der Waals surface area contributed by atoms with Crippen LogP contribution >= 0.6 is 0 Å². The van der Waals surface area contributed by atoms with Gasteiger partial charge in [0.25, 0.3) is 0 Å². The van der Waals surface area contributed by atoms with Gasteiger partial charge in [-0.15, -0.1) is 0 Å². The van der Waals surface area contributed by atoms with E-state index in [9.17, 15) is 0 Å². The minimum atomic E-state index is 0.411. The monoisotopic (exact) mass is 269 g/mol. The van der Waals surface area contributed by atoms with Gasteiger partial charge < -0.3 is 10.1 Å². The molecule has 1 atom stereocenters. The van der Waals surface area contributed by atoms with Gasteiger partial charge in [0, 0.05) is 6.04 Å². The molecule has 0 saturated carbocycles. The standard InChI is InChI=1S/C18H23NO/c1-5-18(19-3)15-8-6-7-14(12-15)17-10-9-16(20-4)11-13(17)2/h6-12,18-19H,5H2,1-4H3. The van der Waals surface area contributed by atoms with E-state index in [1.54, 1.807) is 7.11 Å². The first kappa shape index (κ1) is 14.6. The fourth-order valence-electron chi connectivity index (χ4n) is 2.62. The average Bonchev–Trinajstić information content (AvgIpc) is 2.48. The number of aryl methyl sites for hydroxylation is 1. The number of hydrogen-bond donors (Lipinski definition) is 1. The van der Waals surface area contributed by atoms with E-state index in [4.69, 9.17) is 4.74 Å². The van der Waals surface area contributed by atoms with Crippen LogP contribution in [-0.4, -0.2) is 14.2 Å². The Labute approximate surface area is 121 Å². The molecule has 2 rings (SSSR count). The summed E-state index contributed by atoms with van der Waals surface area (Å²) >= 11 is 0. The molecule has 0 aliphatic rings. The van der Waals surface area contributed by atoms with Crippen molar-refractivity contribution in [1.29, 1.82) is 0 Å². The van der Waals surface area contributed by atoms with E-state index in [1.807, 2.05) is 13.1 Å². The molecule has 1 unspecified atom stereocenters. The van der Waals surface area contributed by atoms with Gasteiger partial charge in [-0.05, 0) is 60.8 Å². The highest BCUT2D eigenvalue weighted by Gasteiger charge is 2.09. The van der Waals surface area contributed by atoms with Gasteiger partial charge in [0.1, 0.15) is 5.75 Å². The van der Waals surface area contributed by atoms with Crippen molar-refractivity contribution in [2.75, 3.05) is 14.2 Å². The van der Waals surface area contributed by atoms with Crippen LogP contribution in [0.2, 0.25) is 0 Å². The van der Waals surface area contributed by atoms with Crippen LogP contribution in [0.1, 0.15) is 30.5 Å². The second-order valence-corrected chi connectivity index (χ2v) is 5.06. The highest BCUT2D eigenvalue weighted by molar-refractivity contribution is 5.68. The van der Waals surface area contributed by atoms with Crippen molar-refractivity contribution >= 4 is 0 Å². The quantitative estimate of drug-likeness (QED) is 0.871. The van der Waals surface area contributed by atoms with Gasteiger partial charge in [-0.2, -0.15) is 0 Å². The highest BCUT2D eigenvalue weighted by Crippen LogP contribution is 2.29. The smallest absolute Gasteiger partial charge is 0.119 e. The van der Waals surface area contributed by atoms with Crippen molar-refractivity contribution in [1.82, 2.24) is 5.32 Å². The molecule has 0 spiro atoms. The second kappa shape index (κ2) is 6.58. The van der Waals surface area contributed by atoms with Crippen LogP contribution < -0.4 is 10.1 Å². The molecule has 2 aromatic rings. The first-order valence-corrected chi connectivity index (χ1v) is 7.11. The first-order chi connectivity index (χ1) is 9.69. The summed E-state index contributed by atoms with van der Waals surface area (Å²) in [5.74, 6) is 0.907. The lowest BCUT2D eigenvalue weighted by molar-refractivity contribution is 0.414. The van der Waals surface area contributed by atoms with E-state index in [-0.39, 0.29) is 0 Å². The van der Waals surface area contributed by atoms with Crippen molar-refractivity contribution in [3.8, 4) is 16.9 Å². The zero-order chi connectivity index (χ0) is 14.5. The lowest BCUT2D eigenvalue weighted by atomic mass is 9.96. The lowest BCUT2D eigenvalue weighted by Gasteiger charge is -2.16. The maximum absolute atomic E-state index is 5.27. The number of rotatable bonds is 5. The molecular formula is C18H23NO. The Kier molecular flexibility index (Phi) is 4.80. The number of nitrogens with one attached hydrogen (secondary N) is 1. The normalized spacial score (nSPS) is 12.2. The number of benzene rings is 2. The number of hydrogen-bond acceptors (Lipinski definition) is 2. The molecule has 106 valence electrons. The molecule has 0 fully saturated rings. The van der Waals surface area contributed by atoms with Crippen LogP contribution in [-0.2, 0) is 0 Å². The number of ether oxygens (including phenoxy) is 1. The molecule has 2 aromatic carbocycles. The van der Waals surface area contributed by atoms with E-state index in [2.05, 4.69) is 55.6 Å². The molecule has 0 saturated heterocycles. The van der Waals surface area contributed by atoms with Crippen molar-refractivity contribution < 1.29 is 4.74 Å². The zero-order valence-corrected chi connectivity index (χ0v) is 12.7. The summed E-state index contributed by atoms with van der Waals surface area (Å²) in [5.41, 5.74) is 5.09. The van der Waals surface area contributed by atoms with E-state index >= 15 is 0 Å². The van der Waals surface area contributed by atoms with Crippen molar-refractivity contribution in [3.63, 3.8) is 0 Å². The Morgan fingerprint density at radius 2 is 1.95 bits per heavy atom. The highest BCUT2D eigenvalue weighted by atomic mass is 16.5.